The van der Waals surface area contributed by atoms with Crippen molar-refractivity contribution in [3.63, 3.8) is 0 Å². The number of likely N-dealkylation sites (tertiary alicyclic amines) is 1. The molecule has 0 spiro atoms. The van der Waals surface area contributed by atoms with Gasteiger partial charge in [-0.15, -0.1) is 0 Å². The molecule has 4 N–H and O–H groups in total. The van der Waals surface area contributed by atoms with Crippen molar-refractivity contribution >= 4 is 71.4 Å². The Morgan fingerprint density at radius 1 is 0.750 bits per heavy atom. The summed E-state index contributed by atoms with van der Waals surface area (Å²) in [4.78, 5) is 41.1. The van der Waals surface area contributed by atoms with E-state index in [-0.39, 0.29) is 42.8 Å². The minimum Gasteiger partial charge on any atom is -0.466 e. The topological polar surface area (TPSA) is 272 Å². The zero-order valence-electron chi connectivity index (χ0n) is 31.1. The number of carbonyl (C=O) groups is 3. The quantitative estimate of drug-likeness (QED) is 0.0721. The van der Waals surface area contributed by atoms with E-state index in [0.29, 0.717) is 42.2 Å². The Bertz CT molecular complexity index is 2110. The molecule has 2 unspecified atom stereocenters. The summed E-state index contributed by atoms with van der Waals surface area (Å²) in [6, 6.07) is 12.5. The third kappa shape index (κ3) is 13.4. The molecular formula is C33H45N7O13S3. The van der Waals surface area contributed by atoms with E-state index in [1.165, 1.54) is 34.1 Å². The molecule has 20 nitrogen and oxygen atoms in total. The number of anilines is 2. The number of piperidine rings is 1. The van der Waals surface area contributed by atoms with Crippen molar-refractivity contribution in [2.45, 2.75) is 32.0 Å². The number of sulfonamides is 2. The lowest BCUT2D eigenvalue weighted by atomic mass is 9.97. The summed E-state index contributed by atoms with van der Waals surface area (Å²) in [6.07, 6.45) is 2.19. The molecule has 3 aliphatic rings. The fraction of sp³-hybridized carbons (Fsp3) is 0.485. The number of carbonyl (C=O) groups excluding carboxylic acids is 3. The predicted molar refractivity (Wildman–Crippen MR) is 204 cm³/mol. The fourth-order valence-electron chi connectivity index (χ4n) is 5.85. The number of nitrogens with zero attached hydrogens (tertiary/aromatic N) is 3. The van der Waals surface area contributed by atoms with E-state index < -0.39 is 48.5 Å². The van der Waals surface area contributed by atoms with Crippen LogP contribution in [-0.4, -0.2) is 137 Å². The smallest absolute Gasteiger partial charge is 0.414 e. The maximum Gasteiger partial charge on any atom is 0.414 e. The van der Waals surface area contributed by atoms with E-state index in [4.69, 9.17) is 25.0 Å². The van der Waals surface area contributed by atoms with Gasteiger partial charge in [0, 0.05) is 29.0 Å². The number of amidine groups is 2. The highest BCUT2D eigenvalue weighted by atomic mass is 32.2. The third-order valence-electron chi connectivity index (χ3n) is 8.40. The number of benzene rings is 2. The first-order valence-corrected chi connectivity index (χ1v) is 22.7. The summed E-state index contributed by atoms with van der Waals surface area (Å²) < 4.78 is 91.2. The molecule has 0 aliphatic carbocycles. The number of amides is 2. The van der Waals surface area contributed by atoms with Gasteiger partial charge < -0.3 is 14.2 Å². The highest BCUT2D eigenvalue weighted by Crippen LogP contribution is 2.25. The Hall–Kier alpha value is -4.84. The Labute approximate surface area is 325 Å². The van der Waals surface area contributed by atoms with Crippen LogP contribution in [-0.2, 0) is 53.4 Å². The number of nitrogens with one attached hydrogen (secondary N) is 4. The van der Waals surface area contributed by atoms with Gasteiger partial charge in [-0.3, -0.25) is 43.9 Å². The SMILES string of the molecule is CCOC(=O)C1CCN(CC2CN(c3ccc(C(=N)NS(C)(=O)=O)cc3)C(=O)O2)CC1.CS(=O)(=O)NC(=N)c1ccc(N2CC(COS(C)(=O)=O)OC2=O)cc1. The average Bonchev–Trinajstić information content (AvgIpc) is 3.67. The van der Waals surface area contributed by atoms with Gasteiger partial charge in [0.25, 0.3) is 10.1 Å². The largest absolute Gasteiger partial charge is 0.466 e. The Kier molecular flexibility index (Phi) is 14.4. The standard InChI is InChI=1S/C20H28N4O6S.C13H17N3O7S2/c1-3-29-19(25)15-8-10-23(11-9-15)12-17-13-24(20(26)30-17)16-6-4-14(5-7-16)18(21)22-31(2,27)28;1-24(18,19)15-12(14)9-3-5-10(6-4-9)16-7-11(23-13(16)17)8-22-25(2,20)21/h4-7,15,17H,3,8-13H2,1-2H3,(H2,21,22);3-6,11H,7-8H2,1-2H3,(H2,14,15). The van der Waals surface area contributed by atoms with Gasteiger partial charge in [-0.1, -0.05) is 0 Å². The number of rotatable bonds is 13. The Morgan fingerprint density at radius 2 is 1.18 bits per heavy atom. The van der Waals surface area contributed by atoms with Gasteiger partial charge in [0.2, 0.25) is 20.0 Å². The number of esters is 1. The van der Waals surface area contributed by atoms with E-state index in [0.717, 1.165) is 44.7 Å². The molecule has 23 heteroatoms. The van der Waals surface area contributed by atoms with Gasteiger partial charge in [-0.25, -0.2) is 26.4 Å². The van der Waals surface area contributed by atoms with Crippen LogP contribution in [0.4, 0.5) is 21.0 Å². The summed E-state index contributed by atoms with van der Waals surface area (Å²) in [5, 5.41) is 15.5. The summed E-state index contributed by atoms with van der Waals surface area (Å²) in [5.74, 6) is -0.725. The first-order valence-electron chi connectivity index (χ1n) is 17.1. The lowest BCUT2D eigenvalue weighted by Gasteiger charge is -2.31. The highest BCUT2D eigenvalue weighted by Gasteiger charge is 2.36. The van der Waals surface area contributed by atoms with Gasteiger partial charge in [0.05, 0.1) is 44.4 Å². The molecule has 0 radical (unpaired) electrons. The summed E-state index contributed by atoms with van der Waals surface area (Å²) >= 11 is 0. The van der Waals surface area contributed by atoms with E-state index in [1.54, 1.807) is 31.2 Å². The molecule has 2 amide bonds. The molecule has 0 saturated carbocycles. The molecule has 2 aromatic carbocycles. The van der Waals surface area contributed by atoms with Gasteiger partial charge in [0.1, 0.15) is 30.5 Å². The molecule has 56 heavy (non-hydrogen) atoms. The van der Waals surface area contributed by atoms with E-state index in [1.807, 2.05) is 4.72 Å². The van der Waals surface area contributed by atoms with E-state index >= 15 is 0 Å². The van der Waals surface area contributed by atoms with E-state index in [2.05, 4.69) is 13.8 Å². The maximum atomic E-state index is 12.3. The minimum atomic E-state index is -3.63. The van der Waals surface area contributed by atoms with Gasteiger partial charge in [-0.05, 0) is 81.4 Å². The molecule has 308 valence electrons. The van der Waals surface area contributed by atoms with Crippen LogP contribution in [0.5, 0.6) is 0 Å². The lowest BCUT2D eigenvalue weighted by Crippen LogP contribution is -2.41. The van der Waals surface area contributed by atoms with E-state index in [9.17, 15) is 39.6 Å². The molecular weight excluding hydrogens is 799 g/mol. The highest BCUT2D eigenvalue weighted by molar-refractivity contribution is 7.89. The first-order chi connectivity index (χ1) is 26.1. The Balaban J connectivity index is 0.000000255. The van der Waals surface area contributed by atoms with Gasteiger partial charge in [0.15, 0.2) is 0 Å². The molecule has 2 aromatic rings. The minimum absolute atomic E-state index is 0.0618. The van der Waals surface area contributed by atoms with Crippen molar-refractivity contribution in [3.05, 3.63) is 59.7 Å². The van der Waals surface area contributed by atoms with Crippen LogP contribution in [0.15, 0.2) is 48.5 Å². The predicted octanol–water partition coefficient (Wildman–Crippen LogP) is 1.02. The Morgan fingerprint density at radius 3 is 1.59 bits per heavy atom. The second-order valence-corrected chi connectivity index (χ2v) is 18.3. The molecule has 3 fully saturated rings. The normalized spacial score (nSPS) is 19.4. The molecule has 3 saturated heterocycles. The lowest BCUT2D eigenvalue weighted by molar-refractivity contribution is -0.149. The van der Waals surface area contributed by atoms with Crippen molar-refractivity contribution in [1.82, 2.24) is 14.3 Å². The number of cyclic esters (lactones) is 2. The fourth-order valence-corrected chi connectivity index (χ4v) is 7.23. The molecule has 3 aliphatic heterocycles. The van der Waals surface area contributed by atoms with Crippen LogP contribution in [0.25, 0.3) is 0 Å². The second-order valence-electron chi connectivity index (χ2n) is 13.1. The van der Waals surface area contributed by atoms with Gasteiger partial charge >= 0.3 is 18.2 Å². The van der Waals surface area contributed by atoms with Crippen LogP contribution < -0.4 is 19.2 Å². The average molecular weight is 844 g/mol. The molecule has 5 rings (SSSR count). The molecule has 0 aromatic heterocycles. The second kappa shape index (κ2) is 18.4. The van der Waals surface area contributed by atoms with Crippen LogP contribution in [0, 0.1) is 16.7 Å². The molecule has 2 atom stereocenters. The number of ether oxygens (including phenoxy) is 3. The van der Waals surface area contributed by atoms with Crippen LogP contribution in [0.2, 0.25) is 0 Å². The number of hydrogen-bond acceptors (Lipinski definition) is 16. The number of hydrogen-bond donors (Lipinski definition) is 4. The van der Waals surface area contributed by atoms with Crippen molar-refractivity contribution in [3.8, 4) is 0 Å². The maximum absolute atomic E-state index is 12.3. The zero-order chi connectivity index (χ0) is 41.4. The van der Waals surface area contributed by atoms with Gasteiger partial charge in [-0.2, -0.15) is 8.42 Å². The molecule has 0 bridgehead atoms. The third-order valence-corrected chi connectivity index (χ3v) is 10.1. The summed E-state index contributed by atoms with van der Waals surface area (Å²) in [7, 11) is -10.7. The van der Waals surface area contributed by atoms with Crippen molar-refractivity contribution in [2.75, 3.05) is 74.5 Å². The monoisotopic (exact) mass is 843 g/mol. The van der Waals surface area contributed by atoms with Crippen molar-refractivity contribution < 1.29 is 58.0 Å². The van der Waals surface area contributed by atoms with Crippen LogP contribution >= 0.6 is 0 Å². The van der Waals surface area contributed by atoms with Crippen molar-refractivity contribution in [2.24, 2.45) is 5.92 Å². The zero-order valence-corrected chi connectivity index (χ0v) is 33.5. The van der Waals surface area contributed by atoms with Crippen LogP contribution in [0.3, 0.4) is 0 Å². The first kappa shape index (κ1) is 43.9. The molecule has 3 heterocycles. The summed E-state index contributed by atoms with van der Waals surface area (Å²) in [6.45, 7) is 4.52. The van der Waals surface area contributed by atoms with Crippen LogP contribution in [0.1, 0.15) is 30.9 Å². The van der Waals surface area contributed by atoms with Crippen molar-refractivity contribution in [1.29, 1.82) is 10.8 Å². The summed E-state index contributed by atoms with van der Waals surface area (Å²) in [5.41, 5.74) is 1.79.